The highest BCUT2D eigenvalue weighted by Crippen LogP contribution is 2.29. The van der Waals surface area contributed by atoms with Crippen molar-refractivity contribution in [2.45, 2.75) is 6.92 Å². The van der Waals surface area contributed by atoms with Crippen LogP contribution in [0.3, 0.4) is 0 Å². The molecule has 23 heavy (non-hydrogen) atoms. The van der Waals surface area contributed by atoms with Crippen molar-refractivity contribution in [3.05, 3.63) is 83.3 Å². The van der Waals surface area contributed by atoms with Crippen LogP contribution in [0, 0.1) is 6.92 Å². The summed E-state index contributed by atoms with van der Waals surface area (Å²) < 4.78 is 10.6. The molecule has 3 heteroatoms. The number of benzene rings is 2. The topological polar surface area (TPSA) is 39.4 Å². The summed E-state index contributed by atoms with van der Waals surface area (Å²) in [6, 6.07) is 15.9. The SMILES string of the molecule is Cc1ccc2cc(C3=C/C(=C\c4ccco4)C(=O)O3)ccc2c1. The molecule has 0 amide bonds. The van der Waals surface area contributed by atoms with Crippen LogP contribution in [-0.4, -0.2) is 5.97 Å². The molecule has 0 spiro atoms. The Hall–Kier alpha value is -3.07. The molecule has 0 N–H and O–H groups in total. The van der Waals surface area contributed by atoms with E-state index >= 15 is 0 Å². The number of hydrogen-bond donors (Lipinski definition) is 0. The van der Waals surface area contributed by atoms with Crippen molar-refractivity contribution in [3.63, 3.8) is 0 Å². The number of rotatable bonds is 2. The van der Waals surface area contributed by atoms with Crippen LogP contribution in [0.1, 0.15) is 16.9 Å². The lowest BCUT2D eigenvalue weighted by molar-refractivity contribution is -0.130. The van der Waals surface area contributed by atoms with Gasteiger partial charge in [0.2, 0.25) is 0 Å². The molecule has 0 aliphatic carbocycles. The molecule has 0 atom stereocenters. The number of carbonyl (C=O) groups excluding carboxylic acids is 1. The fourth-order valence-corrected chi connectivity index (χ4v) is 2.68. The first-order valence-corrected chi connectivity index (χ1v) is 7.39. The van der Waals surface area contributed by atoms with Crippen LogP contribution >= 0.6 is 0 Å². The number of esters is 1. The third-order valence-corrected chi connectivity index (χ3v) is 3.85. The summed E-state index contributed by atoms with van der Waals surface area (Å²) in [7, 11) is 0. The largest absolute Gasteiger partial charge is 0.465 e. The van der Waals surface area contributed by atoms with Gasteiger partial charge in [0.05, 0.1) is 11.8 Å². The van der Waals surface area contributed by atoms with Gasteiger partial charge >= 0.3 is 5.97 Å². The number of aryl methyl sites for hydroxylation is 1. The number of ether oxygens (including phenoxy) is 1. The molecule has 0 saturated heterocycles. The quantitative estimate of drug-likeness (QED) is 0.508. The first-order valence-electron chi connectivity index (χ1n) is 7.39. The minimum absolute atomic E-state index is 0.361. The predicted octanol–water partition coefficient (Wildman–Crippen LogP) is 4.72. The lowest BCUT2D eigenvalue weighted by Crippen LogP contribution is -1.97. The van der Waals surface area contributed by atoms with Crippen molar-refractivity contribution in [3.8, 4) is 0 Å². The van der Waals surface area contributed by atoms with Gasteiger partial charge in [-0.1, -0.05) is 35.9 Å². The lowest BCUT2D eigenvalue weighted by Gasteiger charge is -2.05. The molecule has 3 aromatic rings. The third kappa shape index (κ3) is 2.57. The Bertz CT molecular complexity index is 960. The van der Waals surface area contributed by atoms with E-state index in [2.05, 4.69) is 25.1 Å². The molecule has 0 saturated carbocycles. The van der Waals surface area contributed by atoms with E-state index < -0.39 is 0 Å². The van der Waals surface area contributed by atoms with Gasteiger partial charge in [-0.05, 0) is 48.0 Å². The predicted molar refractivity (Wildman–Crippen MR) is 89.4 cm³/mol. The summed E-state index contributed by atoms with van der Waals surface area (Å²) in [4.78, 5) is 12.0. The van der Waals surface area contributed by atoms with Crippen molar-refractivity contribution < 1.29 is 13.9 Å². The van der Waals surface area contributed by atoms with Gasteiger partial charge in [0, 0.05) is 5.56 Å². The summed E-state index contributed by atoms with van der Waals surface area (Å²) in [6.45, 7) is 2.07. The van der Waals surface area contributed by atoms with Crippen LogP contribution in [0.25, 0.3) is 22.6 Å². The van der Waals surface area contributed by atoms with Gasteiger partial charge < -0.3 is 9.15 Å². The molecule has 1 aliphatic heterocycles. The fraction of sp³-hybridized carbons (Fsp3) is 0.0500. The first kappa shape index (κ1) is 13.6. The number of carbonyl (C=O) groups is 1. The molecule has 0 unspecified atom stereocenters. The monoisotopic (exact) mass is 302 g/mol. The molecule has 1 aliphatic rings. The van der Waals surface area contributed by atoms with Crippen molar-refractivity contribution in [2.24, 2.45) is 0 Å². The first-order chi connectivity index (χ1) is 11.2. The van der Waals surface area contributed by atoms with E-state index in [0.717, 1.165) is 10.9 Å². The molecule has 2 heterocycles. The molecule has 0 fully saturated rings. The van der Waals surface area contributed by atoms with E-state index in [9.17, 15) is 4.79 Å². The molecule has 3 nitrogen and oxygen atoms in total. The second kappa shape index (κ2) is 5.29. The second-order valence-corrected chi connectivity index (χ2v) is 5.58. The Morgan fingerprint density at radius 1 is 1.00 bits per heavy atom. The lowest BCUT2D eigenvalue weighted by atomic mass is 10.0. The van der Waals surface area contributed by atoms with E-state index in [1.807, 2.05) is 18.2 Å². The van der Waals surface area contributed by atoms with Gasteiger partial charge in [0.1, 0.15) is 11.5 Å². The standard InChI is InChI=1S/C20H14O3/c1-13-4-5-15-10-16(7-6-14(15)9-13)19-12-17(20(21)23-19)11-18-3-2-8-22-18/h2-12H,1H3/b17-11+. The fourth-order valence-electron chi connectivity index (χ4n) is 2.68. The van der Waals surface area contributed by atoms with Gasteiger partial charge in [-0.2, -0.15) is 0 Å². The third-order valence-electron chi connectivity index (χ3n) is 3.85. The number of fused-ring (bicyclic) bond motifs is 1. The summed E-state index contributed by atoms with van der Waals surface area (Å²) >= 11 is 0. The van der Waals surface area contributed by atoms with Gasteiger partial charge in [-0.25, -0.2) is 4.79 Å². The van der Waals surface area contributed by atoms with Crippen molar-refractivity contribution in [1.82, 2.24) is 0 Å². The minimum Gasteiger partial charge on any atom is -0.465 e. The van der Waals surface area contributed by atoms with Gasteiger partial charge in [0.15, 0.2) is 0 Å². The molecule has 0 bridgehead atoms. The average Bonchev–Trinajstić information content (AvgIpc) is 3.18. The highest BCUT2D eigenvalue weighted by Gasteiger charge is 2.22. The van der Waals surface area contributed by atoms with Gasteiger partial charge in [-0.15, -0.1) is 0 Å². The van der Waals surface area contributed by atoms with Crippen molar-refractivity contribution in [1.29, 1.82) is 0 Å². The maximum Gasteiger partial charge on any atom is 0.343 e. The highest BCUT2D eigenvalue weighted by atomic mass is 16.5. The van der Waals surface area contributed by atoms with Gasteiger partial charge in [-0.3, -0.25) is 0 Å². The van der Waals surface area contributed by atoms with Crippen LogP contribution in [0.2, 0.25) is 0 Å². The average molecular weight is 302 g/mol. The number of hydrogen-bond acceptors (Lipinski definition) is 3. The smallest absolute Gasteiger partial charge is 0.343 e. The number of cyclic esters (lactones) is 1. The normalized spacial score (nSPS) is 16.0. The van der Waals surface area contributed by atoms with E-state index in [1.165, 1.54) is 10.9 Å². The zero-order valence-corrected chi connectivity index (χ0v) is 12.6. The van der Waals surface area contributed by atoms with E-state index in [-0.39, 0.29) is 5.97 Å². The van der Waals surface area contributed by atoms with Crippen molar-refractivity contribution >= 4 is 28.6 Å². The van der Waals surface area contributed by atoms with Crippen LogP contribution in [0.5, 0.6) is 0 Å². The Kier molecular flexibility index (Phi) is 3.12. The Balaban J connectivity index is 1.73. The summed E-state index contributed by atoms with van der Waals surface area (Å²) in [6.07, 6.45) is 5.00. The highest BCUT2D eigenvalue weighted by molar-refractivity contribution is 6.05. The summed E-state index contributed by atoms with van der Waals surface area (Å²) in [5, 5.41) is 2.29. The number of furan rings is 1. The van der Waals surface area contributed by atoms with Crippen LogP contribution in [0.15, 0.2) is 70.9 Å². The second-order valence-electron chi connectivity index (χ2n) is 5.58. The van der Waals surface area contributed by atoms with Crippen molar-refractivity contribution in [2.75, 3.05) is 0 Å². The van der Waals surface area contributed by atoms with E-state index in [1.54, 1.807) is 30.5 Å². The van der Waals surface area contributed by atoms with Crippen LogP contribution in [-0.2, 0) is 9.53 Å². The Morgan fingerprint density at radius 2 is 1.83 bits per heavy atom. The molecule has 4 rings (SSSR count). The van der Waals surface area contributed by atoms with Crippen LogP contribution < -0.4 is 0 Å². The molecular formula is C20H14O3. The Labute approximate surface area is 133 Å². The summed E-state index contributed by atoms with van der Waals surface area (Å²) in [5.74, 6) is 0.833. The molecular weight excluding hydrogens is 288 g/mol. The Morgan fingerprint density at radius 3 is 2.65 bits per heavy atom. The molecule has 0 radical (unpaired) electrons. The van der Waals surface area contributed by atoms with E-state index in [4.69, 9.17) is 9.15 Å². The molecule has 112 valence electrons. The summed E-state index contributed by atoms with van der Waals surface area (Å²) in [5.41, 5.74) is 2.59. The maximum atomic E-state index is 12.0. The maximum absolute atomic E-state index is 12.0. The molecule has 1 aromatic heterocycles. The zero-order chi connectivity index (χ0) is 15.8. The van der Waals surface area contributed by atoms with E-state index in [0.29, 0.717) is 17.1 Å². The van der Waals surface area contributed by atoms with Crippen LogP contribution in [0.4, 0.5) is 0 Å². The van der Waals surface area contributed by atoms with Gasteiger partial charge in [0.25, 0.3) is 0 Å². The minimum atomic E-state index is -0.361. The zero-order valence-electron chi connectivity index (χ0n) is 12.6. The molecule has 2 aromatic carbocycles.